The van der Waals surface area contributed by atoms with Crippen molar-refractivity contribution in [1.82, 2.24) is 10.2 Å². The Hall–Kier alpha value is -2.53. The average Bonchev–Trinajstić information content (AvgIpc) is 2.99. The zero-order valence-corrected chi connectivity index (χ0v) is 14.8. The summed E-state index contributed by atoms with van der Waals surface area (Å²) < 4.78 is 0. The van der Waals surface area contributed by atoms with Gasteiger partial charge in [0.1, 0.15) is 5.01 Å². The van der Waals surface area contributed by atoms with E-state index in [9.17, 15) is 4.79 Å². The first-order valence-electron chi connectivity index (χ1n) is 7.78. The van der Waals surface area contributed by atoms with Gasteiger partial charge in [0.2, 0.25) is 11.0 Å². The minimum absolute atomic E-state index is 0.0754. The number of aromatic nitrogens is 2. The summed E-state index contributed by atoms with van der Waals surface area (Å²) in [5.41, 5.74) is 5.56. The zero-order valence-electron chi connectivity index (χ0n) is 14.0. The standard InChI is InChI=1S/C19H19N3OS/c1-12-4-7-15(8-5-12)18-21-22-19(24-18)20-17(23)11-16-9-6-13(2)10-14(16)3/h4-10H,11H2,1-3H3,(H,20,22,23). The molecule has 0 unspecified atom stereocenters. The second-order valence-corrected chi connectivity index (χ2v) is 6.91. The van der Waals surface area contributed by atoms with Crippen LogP contribution in [0.1, 0.15) is 22.3 Å². The molecule has 0 bridgehead atoms. The number of amides is 1. The van der Waals surface area contributed by atoms with Crippen LogP contribution in [0.3, 0.4) is 0 Å². The highest BCUT2D eigenvalue weighted by molar-refractivity contribution is 7.18. The Morgan fingerprint density at radius 1 is 1.00 bits per heavy atom. The van der Waals surface area contributed by atoms with Crippen molar-refractivity contribution in [3.63, 3.8) is 0 Å². The number of carbonyl (C=O) groups excluding carboxylic acids is 1. The summed E-state index contributed by atoms with van der Waals surface area (Å²) in [5.74, 6) is -0.0754. The Balaban J connectivity index is 1.68. The summed E-state index contributed by atoms with van der Waals surface area (Å²) >= 11 is 1.38. The molecule has 0 saturated heterocycles. The van der Waals surface area contributed by atoms with E-state index in [1.54, 1.807) is 0 Å². The predicted molar refractivity (Wildman–Crippen MR) is 98.3 cm³/mol. The van der Waals surface area contributed by atoms with Crippen LogP contribution in [0, 0.1) is 20.8 Å². The van der Waals surface area contributed by atoms with E-state index in [1.807, 2.05) is 57.2 Å². The number of aryl methyl sites for hydroxylation is 3. The van der Waals surface area contributed by atoms with Gasteiger partial charge in [-0.3, -0.25) is 4.79 Å². The third-order valence-corrected chi connectivity index (χ3v) is 4.71. The molecule has 1 amide bonds. The van der Waals surface area contributed by atoms with E-state index in [0.717, 1.165) is 21.7 Å². The first-order chi connectivity index (χ1) is 11.5. The minimum atomic E-state index is -0.0754. The van der Waals surface area contributed by atoms with Crippen LogP contribution in [0.25, 0.3) is 10.6 Å². The molecule has 1 N–H and O–H groups in total. The molecule has 0 aliphatic rings. The van der Waals surface area contributed by atoms with E-state index >= 15 is 0 Å². The van der Waals surface area contributed by atoms with Crippen molar-refractivity contribution >= 4 is 22.4 Å². The number of hydrogen-bond acceptors (Lipinski definition) is 4. The molecular weight excluding hydrogens is 318 g/mol. The Morgan fingerprint density at radius 3 is 2.42 bits per heavy atom. The van der Waals surface area contributed by atoms with Crippen LogP contribution < -0.4 is 5.32 Å². The third kappa shape index (κ3) is 3.86. The Morgan fingerprint density at radius 2 is 1.71 bits per heavy atom. The largest absolute Gasteiger partial charge is 0.300 e. The number of hydrogen-bond donors (Lipinski definition) is 1. The smallest absolute Gasteiger partial charge is 0.230 e. The van der Waals surface area contributed by atoms with Crippen molar-refractivity contribution in [2.45, 2.75) is 27.2 Å². The highest BCUT2D eigenvalue weighted by Crippen LogP contribution is 2.26. The van der Waals surface area contributed by atoms with Crippen molar-refractivity contribution < 1.29 is 4.79 Å². The van der Waals surface area contributed by atoms with Crippen LogP contribution in [-0.2, 0) is 11.2 Å². The third-order valence-electron chi connectivity index (χ3n) is 3.82. The molecule has 0 spiro atoms. The zero-order chi connectivity index (χ0) is 17.1. The molecular formula is C19H19N3OS. The van der Waals surface area contributed by atoms with E-state index in [4.69, 9.17) is 0 Å². The Labute approximate surface area is 145 Å². The van der Waals surface area contributed by atoms with Crippen molar-refractivity contribution in [2.24, 2.45) is 0 Å². The molecule has 24 heavy (non-hydrogen) atoms. The maximum Gasteiger partial charge on any atom is 0.230 e. The van der Waals surface area contributed by atoms with Gasteiger partial charge in [-0.1, -0.05) is 64.9 Å². The quantitative estimate of drug-likeness (QED) is 0.772. The number of nitrogens with one attached hydrogen (secondary N) is 1. The van der Waals surface area contributed by atoms with E-state index in [1.165, 1.54) is 22.5 Å². The molecule has 0 saturated carbocycles. The van der Waals surface area contributed by atoms with Gasteiger partial charge in [0.25, 0.3) is 0 Å². The molecule has 0 radical (unpaired) electrons. The Bertz CT molecular complexity index is 869. The number of rotatable bonds is 4. The number of anilines is 1. The molecule has 0 atom stereocenters. The van der Waals surface area contributed by atoms with Crippen molar-refractivity contribution in [2.75, 3.05) is 5.32 Å². The molecule has 5 heteroatoms. The lowest BCUT2D eigenvalue weighted by Crippen LogP contribution is -2.14. The van der Waals surface area contributed by atoms with Gasteiger partial charge in [-0.15, -0.1) is 10.2 Å². The first kappa shape index (κ1) is 16.3. The molecule has 3 rings (SSSR count). The fraction of sp³-hybridized carbons (Fsp3) is 0.211. The molecule has 0 fully saturated rings. The second-order valence-electron chi connectivity index (χ2n) is 5.93. The molecule has 2 aromatic carbocycles. The fourth-order valence-electron chi connectivity index (χ4n) is 2.47. The van der Waals surface area contributed by atoms with Gasteiger partial charge in [-0.25, -0.2) is 0 Å². The lowest BCUT2D eigenvalue weighted by molar-refractivity contribution is -0.115. The summed E-state index contributed by atoms with van der Waals surface area (Å²) in [7, 11) is 0. The normalized spacial score (nSPS) is 10.6. The molecule has 1 heterocycles. The van der Waals surface area contributed by atoms with Crippen LogP contribution >= 0.6 is 11.3 Å². The van der Waals surface area contributed by atoms with Gasteiger partial charge in [-0.2, -0.15) is 0 Å². The molecule has 122 valence electrons. The highest BCUT2D eigenvalue weighted by Gasteiger charge is 2.11. The molecule has 0 aliphatic carbocycles. The van der Waals surface area contributed by atoms with Crippen LogP contribution in [0.4, 0.5) is 5.13 Å². The van der Waals surface area contributed by atoms with Crippen LogP contribution in [0.5, 0.6) is 0 Å². The minimum Gasteiger partial charge on any atom is -0.300 e. The lowest BCUT2D eigenvalue weighted by Gasteiger charge is -2.06. The fourth-order valence-corrected chi connectivity index (χ4v) is 3.23. The van der Waals surface area contributed by atoms with Gasteiger partial charge in [-0.05, 0) is 31.9 Å². The SMILES string of the molecule is Cc1ccc(-c2nnc(NC(=O)Cc3ccc(C)cc3C)s2)cc1. The van der Waals surface area contributed by atoms with E-state index < -0.39 is 0 Å². The van der Waals surface area contributed by atoms with Gasteiger partial charge >= 0.3 is 0 Å². The van der Waals surface area contributed by atoms with Gasteiger partial charge in [0, 0.05) is 5.56 Å². The van der Waals surface area contributed by atoms with E-state index in [-0.39, 0.29) is 5.91 Å². The van der Waals surface area contributed by atoms with Gasteiger partial charge in [0.05, 0.1) is 6.42 Å². The highest BCUT2D eigenvalue weighted by atomic mass is 32.1. The maximum atomic E-state index is 12.2. The van der Waals surface area contributed by atoms with E-state index in [2.05, 4.69) is 21.6 Å². The molecule has 4 nitrogen and oxygen atoms in total. The number of carbonyl (C=O) groups is 1. The van der Waals surface area contributed by atoms with Gasteiger partial charge in [0.15, 0.2) is 0 Å². The summed E-state index contributed by atoms with van der Waals surface area (Å²) in [6.45, 7) is 6.11. The van der Waals surface area contributed by atoms with Crippen LogP contribution in [0.15, 0.2) is 42.5 Å². The topological polar surface area (TPSA) is 54.9 Å². The molecule has 0 aliphatic heterocycles. The number of benzene rings is 2. The summed E-state index contributed by atoms with van der Waals surface area (Å²) in [6.07, 6.45) is 0.339. The lowest BCUT2D eigenvalue weighted by atomic mass is 10.0. The van der Waals surface area contributed by atoms with Crippen molar-refractivity contribution in [1.29, 1.82) is 0 Å². The van der Waals surface area contributed by atoms with Crippen LogP contribution in [0.2, 0.25) is 0 Å². The second kappa shape index (κ2) is 6.93. The van der Waals surface area contributed by atoms with E-state index in [0.29, 0.717) is 11.6 Å². The maximum absolute atomic E-state index is 12.2. The van der Waals surface area contributed by atoms with Crippen LogP contribution in [-0.4, -0.2) is 16.1 Å². The summed E-state index contributed by atoms with van der Waals surface area (Å²) in [4.78, 5) is 12.2. The van der Waals surface area contributed by atoms with Gasteiger partial charge < -0.3 is 5.32 Å². The van der Waals surface area contributed by atoms with Crippen molar-refractivity contribution in [3.8, 4) is 10.6 Å². The Kier molecular flexibility index (Phi) is 4.71. The summed E-state index contributed by atoms with van der Waals surface area (Å²) in [5, 5.41) is 12.4. The predicted octanol–water partition coefficient (Wildman–Crippen LogP) is 4.31. The summed E-state index contributed by atoms with van der Waals surface area (Å²) in [6, 6.07) is 14.2. The molecule has 3 aromatic rings. The molecule has 1 aromatic heterocycles. The monoisotopic (exact) mass is 337 g/mol. The average molecular weight is 337 g/mol. The number of nitrogens with zero attached hydrogens (tertiary/aromatic N) is 2. The first-order valence-corrected chi connectivity index (χ1v) is 8.59. The van der Waals surface area contributed by atoms with Crippen molar-refractivity contribution in [3.05, 3.63) is 64.7 Å².